The highest BCUT2D eigenvalue weighted by Gasteiger charge is 2.24. The summed E-state index contributed by atoms with van der Waals surface area (Å²) in [6, 6.07) is 14.9. The highest BCUT2D eigenvalue weighted by Crippen LogP contribution is 2.26. The van der Waals surface area contributed by atoms with Crippen LogP contribution in [0.2, 0.25) is 5.02 Å². The van der Waals surface area contributed by atoms with Gasteiger partial charge in [0, 0.05) is 16.0 Å². The van der Waals surface area contributed by atoms with Crippen LogP contribution in [0.4, 0.5) is 22.0 Å². The molecule has 0 saturated carbocycles. The molecule has 1 heterocycles. The SMILES string of the molecule is O=C(N/N=C\c1c(F)c(F)c(F)c(F)c1F)c1cc(-c2ccc(Cl)cc2)nc2ccccc12. The van der Waals surface area contributed by atoms with Crippen molar-refractivity contribution in [3.05, 3.63) is 99.8 Å². The van der Waals surface area contributed by atoms with E-state index < -0.39 is 40.6 Å². The van der Waals surface area contributed by atoms with Crippen LogP contribution in [-0.2, 0) is 0 Å². The second kappa shape index (κ2) is 8.95. The molecule has 0 aliphatic heterocycles. The number of para-hydroxylation sites is 1. The summed E-state index contributed by atoms with van der Waals surface area (Å²) in [7, 11) is 0. The minimum Gasteiger partial charge on any atom is -0.267 e. The Kier molecular flexibility index (Phi) is 6.06. The van der Waals surface area contributed by atoms with Crippen LogP contribution in [0.3, 0.4) is 0 Å². The number of hydrazone groups is 1. The van der Waals surface area contributed by atoms with Crippen molar-refractivity contribution in [3.63, 3.8) is 0 Å². The molecule has 4 nitrogen and oxygen atoms in total. The maximum atomic E-state index is 13.8. The lowest BCUT2D eigenvalue weighted by Crippen LogP contribution is -2.19. The van der Waals surface area contributed by atoms with E-state index in [0.29, 0.717) is 33.4 Å². The van der Waals surface area contributed by atoms with E-state index in [9.17, 15) is 26.7 Å². The molecule has 4 rings (SSSR count). The lowest BCUT2D eigenvalue weighted by Gasteiger charge is -2.09. The molecule has 4 aromatic rings. The van der Waals surface area contributed by atoms with E-state index in [-0.39, 0.29) is 5.56 Å². The first-order valence-corrected chi connectivity index (χ1v) is 9.66. The highest BCUT2D eigenvalue weighted by atomic mass is 35.5. The third kappa shape index (κ3) is 4.27. The van der Waals surface area contributed by atoms with E-state index in [1.165, 1.54) is 6.07 Å². The number of benzene rings is 3. The number of fused-ring (bicyclic) bond motifs is 1. The van der Waals surface area contributed by atoms with Gasteiger partial charge < -0.3 is 0 Å². The number of hydrogen-bond donors (Lipinski definition) is 1. The average molecular weight is 476 g/mol. The maximum Gasteiger partial charge on any atom is 0.272 e. The van der Waals surface area contributed by atoms with Gasteiger partial charge in [0.1, 0.15) is 0 Å². The van der Waals surface area contributed by atoms with E-state index in [1.807, 2.05) is 5.43 Å². The normalized spacial score (nSPS) is 11.3. The fourth-order valence-electron chi connectivity index (χ4n) is 3.08. The van der Waals surface area contributed by atoms with Crippen molar-refractivity contribution in [2.45, 2.75) is 0 Å². The summed E-state index contributed by atoms with van der Waals surface area (Å²) in [6.07, 6.45) is 0.345. The topological polar surface area (TPSA) is 54.4 Å². The zero-order valence-corrected chi connectivity index (χ0v) is 17.1. The fraction of sp³-hybridized carbons (Fsp3) is 0. The molecule has 1 amide bonds. The molecule has 0 bridgehead atoms. The van der Waals surface area contributed by atoms with Gasteiger partial charge in [-0.15, -0.1) is 0 Å². The second-order valence-electron chi connectivity index (χ2n) is 6.76. The van der Waals surface area contributed by atoms with Crippen LogP contribution in [0, 0.1) is 29.1 Å². The number of amides is 1. The highest BCUT2D eigenvalue weighted by molar-refractivity contribution is 6.30. The minimum atomic E-state index is -2.29. The molecule has 0 fully saturated rings. The van der Waals surface area contributed by atoms with Gasteiger partial charge in [0.25, 0.3) is 5.91 Å². The summed E-state index contributed by atoms with van der Waals surface area (Å²) in [5.74, 6) is -11.4. The Morgan fingerprint density at radius 3 is 2.15 bits per heavy atom. The number of nitrogens with zero attached hydrogens (tertiary/aromatic N) is 2. The van der Waals surface area contributed by atoms with Crippen molar-refractivity contribution >= 4 is 34.6 Å². The van der Waals surface area contributed by atoms with Gasteiger partial charge >= 0.3 is 0 Å². The molecule has 0 aliphatic carbocycles. The average Bonchev–Trinajstić information content (AvgIpc) is 2.83. The molecule has 10 heteroatoms. The predicted molar refractivity (Wildman–Crippen MR) is 113 cm³/mol. The Morgan fingerprint density at radius 2 is 1.48 bits per heavy atom. The molecular weight excluding hydrogens is 465 g/mol. The Labute approximate surface area is 188 Å². The van der Waals surface area contributed by atoms with E-state index >= 15 is 0 Å². The van der Waals surface area contributed by atoms with Gasteiger partial charge in [-0.3, -0.25) is 4.79 Å². The van der Waals surface area contributed by atoms with Crippen molar-refractivity contribution in [1.82, 2.24) is 10.4 Å². The molecule has 0 atom stereocenters. The first-order chi connectivity index (χ1) is 15.8. The first kappa shape index (κ1) is 22.3. The minimum absolute atomic E-state index is 0.125. The molecule has 166 valence electrons. The van der Waals surface area contributed by atoms with Gasteiger partial charge in [-0.05, 0) is 24.3 Å². The summed E-state index contributed by atoms with van der Waals surface area (Å²) < 4.78 is 67.4. The number of rotatable bonds is 4. The Hall–Kier alpha value is -3.85. The standard InChI is InChI=1S/C23H11ClF5N3O/c24-12-7-5-11(6-8-12)17-9-14(13-3-1-2-4-16(13)31-17)23(33)32-30-10-15-18(25)20(27)22(29)21(28)19(15)26/h1-10H,(H,32,33)/b30-10-. The van der Waals surface area contributed by atoms with Crippen LogP contribution in [0.25, 0.3) is 22.2 Å². The van der Waals surface area contributed by atoms with Crippen molar-refractivity contribution < 1.29 is 26.7 Å². The Balaban J connectivity index is 1.70. The number of pyridine rings is 1. The molecule has 33 heavy (non-hydrogen) atoms. The molecule has 0 radical (unpaired) electrons. The zero-order valence-electron chi connectivity index (χ0n) is 16.3. The number of halogens is 6. The molecule has 1 aromatic heterocycles. The van der Waals surface area contributed by atoms with E-state index in [1.54, 1.807) is 48.5 Å². The van der Waals surface area contributed by atoms with E-state index in [4.69, 9.17) is 11.6 Å². The molecule has 0 unspecified atom stereocenters. The van der Waals surface area contributed by atoms with Crippen LogP contribution in [0.5, 0.6) is 0 Å². The van der Waals surface area contributed by atoms with Gasteiger partial charge in [-0.1, -0.05) is 41.9 Å². The molecule has 0 saturated heterocycles. The summed E-state index contributed by atoms with van der Waals surface area (Å²) in [6.45, 7) is 0. The number of hydrogen-bond acceptors (Lipinski definition) is 3. The smallest absolute Gasteiger partial charge is 0.267 e. The van der Waals surface area contributed by atoms with Crippen LogP contribution >= 0.6 is 11.6 Å². The quantitative estimate of drug-likeness (QED) is 0.129. The third-order valence-corrected chi connectivity index (χ3v) is 4.96. The largest absolute Gasteiger partial charge is 0.272 e. The van der Waals surface area contributed by atoms with Crippen molar-refractivity contribution in [2.75, 3.05) is 0 Å². The Bertz CT molecular complexity index is 1400. The van der Waals surface area contributed by atoms with Crippen LogP contribution in [0.15, 0.2) is 59.7 Å². The number of aromatic nitrogens is 1. The second-order valence-corrected chi connectivity index (χ2v) is 7.20. The van der Waals surface area contributed by atoms with Gasteiger partial charge in [0.2, 0.25) is 5.82 Å². The summed E-state index contributed by atoms with van der Waals surface area (Å²) >= 11 is 5.91. The van der Waals surface area contributed by atoms with Crippen LogP contribution in [-0.4, -0.2) is 17.1 Å². The maximum absolute atomic E-state index is 13.8. The Morgan fingerprint density at radius 1 is 0.879 bits per heavy atom. The number of nitrogens with one attached hydrogen (secondary N) is 1. The molecular formula is C23H11ClF5N3O. The molecule has 1 N–H and O–H groups in total. The fourth-order valence-corrected chi connectivity index (χ4v) is 3.21. The lowest BCUT2D eigenvalue weighted by atomic mass is 10.0. The summed E-state index contributed by atoms with van der Waals surface area (Å²) in [5, 5.41) is 4.35. The lowest BCUT2D eigenvalue weighted by molar-refractivity contribution is 0.0956. The van der Waals surface area contributed by atoms with Crippen molar-refractivity contribution in [3.8, 4) is 11.3 Å². The first-order valence-electron chi connectivity index (χ1n) is 9.28. The van der Waals surface area contributed by atoms with E-state index in [0.717, 1.165) is 0 Å². The van der Waals surface area contributed by atoms with Crippen molar-refractivity contribution in [2.24, 2.45) is 5.10 Å². The van der Waals surface area contributed by atoms with Gasteiger partial charge in [0.05, 0.1) is 28.6 Å². The number of carbonyl (C=O) groups excluding carboxylic acids is 1. The van der Waals surface area contributed by atoms with Gasteiger partial charge in [0.15, 0.2) is 23.3 Å². The van der Waals surface area contributed by atoms with Gasteiger partial charge in [-0.2, -0.15) is 5.10 Å². The van der Waals surface area contributed by atoms with Crippen LogP contribution in [0.1, 0.15) is 15.9 Å². The summed E-state index contributed by atoms with van der Waals surface area (Å²) in [5.41, 5.74) is 2.49. The molecule has 0 spiro atoms. The zero-order chi connectivity index (χ0) is 23.7. The predicted octanol–water partition coefficient (Wildman–Crippen LogP) is 6.01. The summed E-state index contributed by atoms with van der Waals surface area (Å²) in [4.78, 5) is 17.3. The monoisotopic (exact) mass is 475 g/mol. The van der Waals surface area contributed by atoms with Crippen LogP contribution < -0.4 is 5.43 Å². The third-order valence-electron chi connectivity index (χ3n) is 4.70. The van der Waals surface area contributed by atoms with E-state index in [2.05, 4.69) is 10.1 Å². The number of carbonyl (C=O) groups is 1. The molecule has 0 aliphatic rings. The molecule has 3 aromatic carbocycles. The van der Waals surface area contributed by atoms with Gasteiger partial charge in [-0.25, -0.2) is 32.4 Å². The van der Waals surface area contributed by atoms with Crippen molar-refractivity contribution in [1.29, 1.82) is 0 Å².